The Bertz CT molecular complexity index is 211. The van der Waals surface area contributed by atoms with Gasteiger partial charge in [0.25, 0.3) is 0 Å². The number of hydrogen-bond donors (Lipinski definition) is 0. The summed E-state index contributed by atoms with van der Waals surface area (Å²) >= 11 is 0. The van der Waals surface area contributed by atoms with Gasteiger partial charge in [0.05, 0.1) is 25.5 Å². The van der Waals surface area contributed by atoms with Crippen LogP contribution >= 0.6 is 0 Å². The average Bonchev–Trinajstić information content (AvgIpc) is 2.22. The highest BCUT2D eigenvalue weighted by Gasteiger charge is 2.09. The van der Waals surface area contributed by atoms with Crippen molar-refractivity contribution in [2.24, 2.45) is 5.92 Å². The van der Waals surface area contributed by atoms with Crippen LogP contribution in [0.25, 0.3) is 0 Å². The highest BCUT2D eigenvalue weighted by molar-refractivity contribution is 5.69. The zero-order valence-electron chi connectivity index (χ0n) is 9.12. The SMILES string of the molecule is CCN(CCC(=O)OC)CC(C)C#N. The van der Waals surface area contributed by atoms with Crippen LogP contribution in [-0.4, -0.2) is 37.6 Å². The second kappa shape index (κ2) is 7.34. The third-order valence-electron chi connectivity index (χ3n) is 2.06. The minimum atomic E-state index is -0.201. The third-order valence-corrected chi connectivity index (χ3v) is 2.06. The summed E-state index contributed by atoms with van der Waals surface area (Å²) in [6.45, 7) is 6.12. The fourth-order valence-electron chi connectivity index (χ4n) is 1.16. The number of nitrogens with zero attached hydrogens (tertiary/aromatic N) is 2. The van der Waals surface area contributed by atoms with Crippen molar-refractivity contribution in [2.75, 3.05) is 26.7 Å². The number of ether oxygens (including phenoxy) is 1. The van der Waals surface area contributed by atoms with Crippen molar-refractivity contribution in [3.05, 3.63) is 0 Å². The molecule has 0 aliphatic rings. The maximum Gasteiger partial charge on any atom is 0.306 e. The number of esters is 1. The summed E-state index contributed by atoms with van der Waals surface area (Å²) in [6.07, 6.45) is 0.391. The van der Waals surface area contributed by atoms with Crippen LogP contribution in [0, 0.1) is 17.2 Å². The first-order valence-electron chi connectivity index (χ1n) is 4.82. The van der Waals surface area contributed by atoms with E-state index in [9.17, 15) is 4.79 Å². The lowest BCUT2D eigenvalue weighted by atomic mass is 10.2. The summed E-state index contributed by atoms with van der Waals surface area (Å²) < 4.78 is 4.55. The molecule has 0 rings (SSSR count). The lowest BCUT2D eigenvalue weighted by molar-refractivity contribution is -0.141. The molecule has 0 saturated carbocycles. The fraction of sp³-hybridized carbons (Fsp3) is 0.800. The van der Waals surface area contributed by atoms with Crippen LogP contribution < -0.4 is 0 Å². The highest BCUT2D eigenvalue weighted by atomic mass is 16.5. The first-order chi connectivity index (χ1) is 6.63. The van der Waals surface area contributed by atoms with Gasteiger partial charge in [0, 0.05) is 13.1 Å². The van der Waals surface area contributed by atoms with Gasteiger partial charge in [0.1, 0.15) is 0 Å². The first kappa shape index (κ1) is 12.9. The van der Waals surface area contributed by atoms with Crippen LogP contribution in [0.15, 0.2) is 0 Å². The second-order valence-electron chi connectivity index (χ2n) is 3.25. The van der Waals surface area contributed by atoms with Gasteiger partial charge in [-0.2, -0.15) is 5.26 Å². The van der Waals surface area contributed by atoms with Gasteiger partial charge in [0.2, 0.25) is 0 Å². The van der Waals surface area contributed by atoms with E-state index in [2.05, 4.69) is 15.7 Å². The normalized spacial score (nSPS) is 12.2. The summed E-state index contributed by atoms with van der Waals surface area (Å²) in [5.41, 5.74) is 0. The minimum absolute atomic E-state index is 0.00703. The Morgan fingerprint density at radius 1 is 1.64 bits per heavy atom. The van der Waals surface area contributed by atoms with E-state index in [1.807, 2.05) is 13.8 Å². The van der Waals surface area contributed by atoms with E-state index in [0.717, 1.165) is 6.54 Å². The van der Waals surface area contributed by atoms with Gasteiger partial charge in [-0.05, 0) is 13.5 Å². The van der Waals surface area contributed by atoms with Crippen LogP contribution in [0.5, 0.6) is 0 Å². The molecule has 0 aliphatic carbocycles. The maximum atomic E-state index is 10.9. The molecule has 0 aromatic rings. The van der Waals surface area contributed by atoms with Crippen molar-refractivity contribution in [2.45, 2.75) is 20.3 Å². The minimum Gasteiger partial charge on any atom is -0.469 e. The molecule has 0 aromatic heterocycles. The lowest BCUT2D eigenvalue weighted by Gasteiger charge is -2.20. The van der Waals surface area contributed by atoms with E-state index in [1.165, 1.54) is 7.11 Å². The first-order valence-corrected chi connectivity index (χ1v) is 4.82. The summed E-state index contributed by atoms with van der Waals surface area (Å²) in [5, 5.41) is 8.63. The number of nitriles is 1. The molecule has 0 N–H and O–H groups in total. The molecule has 14 heavy (non-hydrogen) atoms. The second-order valence-corrected chi connectivity index (χ2v) is 3.25. The number of carbonyl (C=O) groups is 1. The number of rotatable bonds is 6. The Kier molecular flexibility index (Phi) is 6.77. The Balaban J connectivity index is 3.80. The fourth-order valence-corrected chi connectivity index (χ4v) is 1.16. The lowest BCUT2D eigenvalue weighted by Crippen LogP contribution is -2.30. The number of carbonyl (C=O) groups excluding carboxylic acids is 1. The molecule has 1 unspecified atom stereocenters. The quantitative estimate of drug-likeness (QED) is 0.598. The zero-order valence-corrected chi connectivity index (χ0v) is 9.12. The van der Waals surface area contributed by atoms with Gasteiger partial charge >= 0.3 is 5.97 Å². The molecule has 0 heterocycles. The molecule has 1 atom stereocenters. The van der Waals surface area contributed by atoms with Crippen LogP contribution in [0.4, 0.5) is 0 Å². The molecule has 0 fully saturated rings. The molecule has 0 spiro atoms. The molecule has 0 aromatic carbocycles. The number of hydrogen-bond acceptors (Lipinski definition) is 4. The van der Waals surface area contributed by atoms with E-state index in [4.69, 9.17) is 5.26 Å². The van der Waals surface area contributed by atoms with Crippen molar-refractivity contribution in [3.63, 3.8) is 0 Å². The van der Waals surface area contributed by atoms with E-state index in [1.54, 1.807) is 0 Å². The summed E-state index contributed by atoms with van der Waals surface area (Å²) in [6, 6.07) is 2.17. The van der Waals surface area contributed by atoms with Crippen molar-refractivity contribution >= 4 is 5.97 Å². The maximum absolute atomic E-state index is 10.9. The van der Waals surface area contributed by atoms with Crippen molar-refractivity contribution in [1.29, 1.82) is 5.26 Å². The smallest absolute Gasteiger partial charge is 0.306 e. The largest absolute Gasteiger partial charge is 0.469 e. The molecular weight excluding hydrogens is 180 g/mol. The predicted octanol–water partition coefficient (Wildman–Crippen LogP) is 1.03. The Morgan fingerprint density at radius 2 is 2.29 bits per heavy atom. The van der Waals surface area contributed by atoms with Gasteiger partial charge in [0.15, 0.2) is 0 Å². The summed E-state index contributed by atoms with van der Waals surface area (Å²) in [5.74, 6) is -0.194. The average molecular weight is 198 g/mol. The number of methoxy groups -OCH3 is 1. The molecule has 4 nitrogen and oxygen atoms in total. The van der Waals surface area contributed by atoms with Crippen LogP contribution in [0.2, 0.25) is 0 Å². The molecule has 0 radical (unpaired) electrons. The van der Waals surface area contributed by atoms with Crippen molar-refractivity contribution in [1.82, 2.24) is 4.90 Å². The van der Waals surface area contributed by atoms with Crippen molar-refractivity contribution in [3.8, 4) is 6.07 Å². The third kappa shape index (κ3) is 5.55. The molecule has 0 aliphatic heterocycles. The Labute approximate surface area is 85.5 Å². The standard InChI is InChI=1S/C10H18N2O2/c1-4-12(8-9(2)7-11)6-5-10(13)14-3/h9H,4-6,8H2,1-3H3. The summed E-state index contributed by atoms with van der Waals surface area (Å²) in [4.78, 5) is 12.9. The van der Waals surface area contributed by atoms with Crippen LogP contribution in [0.3, 0.4) is 0 Å². The van der Waals surface area contributed by atoms with Gasteiger partial charge < -0.3 is 9.64 Å². The van der Waals surface area contributed by atoms with Gasteiger partial charge in [-0.3, -0.25) is 4.79 Å². The van der Waals surface area contributed by atoms with E-state index < -0.39 is 0 Å². The predicted molar refractivity (Wildman–Crippen MR) is 53.5 cm³/mol. The van der Waals surface area contributed by atoms with Gasteiger partial charge in [-0.1, -0.05) is 6.92 Å². The molecule has 0 saturated heterocycles. The van der Waals surface area contributed by atoms with E-state index in [-0.39, 0.29) is 11.9 Å². The topological polar surface area (TPSA) is 53.3 Å². The molecule has 0 bridgehead atoms. The van der Waals surface area contributed by atoms with Crippen LogP contribution in [-0.2, 0) is 9.53 Å². The van der Waals surface area contributed by atoms with Crippen molar-refractivity contribution < 1.29 is 9.53 Å². The van der Waals surface area contributed by atoms with E-state index in [0.29, 0.717) is 19.5 Å². The summed E-state index contributed by atoms with van der Waals surface area (Å²) in [7, 11) is 1.39. The van der Waals surface area contributed by atoms with E-state index >= 15 is 0 Å². The van der Waals surface area contributed by atoms with Gasteiger partial charge in [-0.25, -0.2) is 0 Å². The zero-order chi connectivity index (χ0) is 11.0. The Hall–Kier alpha value is -1.08. The highest BCUT2D eigenvalue weighted by Crippen LogP contribution is 1.99. The molecular formula is C10H18N2O2. The van der Waals surface area contributed by atoms with Crippen LogP contribution in [0.1, 0.15) is 20.3 Å². The monoisotopic (exact) mass is 198 g/mol. The molecule has 80 valence electrons. The Morgan fingerprint density at radius 3 is 2.71 bits per heavy atom. The molecule has 0 amide bonds. The van der Waals surface area contributed by atoms with Gasteiger partial charge in [-0.15, -0.1) is 0 Å². The molecule has 4 heteroatoms.